The van der Waals surface area contributed by atoms with Gasteiger partial charge in [-0.1, -0.05) is 180 Å². The standard InChI is InChI=1S/C48H74N2/c1-5-9-13-14-15-16-17-18-19-20-21-22-23-24-25-26-27-28-32-46-45(31-12-8-4)47(43-37-33-41(34-38-43)29-10-6-2)50(49)48(46)44-39-35-42(36-40-44)30-11-7-3/h28,32-40H,5-27,29-31H2,1-4H3. The Kier molecular flexibility index (Phi) is 21.8. The van der Waals surface area contributed by atoms with Gasteiger partial charge in [0.15, 0.2) is 0 Å². The van der Waals surface area contributed by atoms with Crippen molar-refractivity contribution in [1.82, 2.24) is 0 Å². The van der Waals surface area contributed by atoms with Gasteiger partial charge in [0.1, 0.15) is 0 Å². The van der Waals surface area contributed by atoms with Gasteiger partial charge < -0.3 is 5.53 Å². The Balaban J connectivity index is 1.59. The molecule has 0 saturated carbocycles. The summed E-state index contributed by atoms with van der Waals surface area (Å²) in [5, 5.41) is 0. The Bertz CT molecular complexity index is 1290. The topological polar surface area (TPSA) is 25.3 Å². The zero-order valence-electron chi connectivity index (χ0n) is 33.1. The molecule has 0 aliphatic carbocycles. The van der Waals surface area contributed by atoms with E-state index < -0.39 is 0 Å². The van der Waals surface area contributed by atoms with E-state index in [9.17, 15) is 5.53 Å². The Hall–Kier alpha value is -2.74. The predicted octanol–water partition coefficient (Wildman–Crippen LogP) is 15.9. The second kappa shape index (κ2) is 26.1. The average Bonchev–Trinajstić information content (AvgIpc) is 3.42. The monoisotopic (exact) mass is 679 g/mol. The number of unbranched alkanes of at least 4 members (excludes halogenated alkanes) is 19. The highest BCUT2D eigenvalue weighted by atomic mass is 15.2. The molecular weight excluding hydrogens is 605 g/mol. The van der Waals surface area contributed by atoms with Crippen LogP contribution in [0.1, 0.15) is 204 Å². The molecule has 3 rings (SSSR count). The van der Waals surface area contributed by atoms with E-state index in [1.807, 2.05) is 0 Å². The van der Waals surface area contributed by atoms with Crippen LogP contribution in [0, 0.1) is 0 Å². The number of aryl methyl sites for hydroxylation is 2. The summed E-state index contributed by atoms with van der Waals surface area (Å²) in [7, 11) is 0. The highest BCUT2D eigenvalue weighted by Crippen LogP contribution is 2.43. The lowest BCUT2D eigenvalue weighted by molar-refractivity contribution is -0.345. The Morgan fingerprint density at radius 2 is 0.820 bits per heavy atom. The van der Waals surface area contributed by atoms with E-state index in [4.69, 9.17) is 0 Å². The molecule has 0 bridgehead atoms. The van der Waals surface area contributed by atoms with Crippen molar-refractivity contribution in [3.05, 3.63) is 99.6 Å². The zero-order chi connectivity index (χ0) is 35.7. The first-order chi connectivity index (χ1) is 24.6. The summed E-state index contributed by atoms with van der Waals surface area (Å²) < 4.78 is 1.52. The van der Waals surface area contributed by atoms with Gasteiger partial charge >= 0.3 is 0 Å². The maximum absolute atomic E-state index is 12.0. The van der Waals surface area contributed by atoms with Crippen molar-refractivity contribution in [2.75, 3.05) is 0 Å². The maximum Gasteiger partial charge on any atom is 0.215 e. The van der Waals surface area contributed by atoms with Crippen LogP contribution in [0.5, 0.6) is 0 Å². The van der Waals surface area contributed by atoms with Crippen molar-refractivity contribution in [3.8, 4) is 0 Å². The van der Waals surface area contributed by atoms with Crippen molar-refractivity contribution in [1.29, 1.82) is 0 Å². The molecule has 0 atom stereocenters. The Labute approximate surface area is 309 Å². The Morgan fingerprint density at radius 3 is 1.26 bits per heavy atom. The minimum absolute atomic E-state index is 0.937. The lowest BCUT2D eigenvalue weighted by Gasteiger charge is -2.10. The summed E-state index contributed by atoms with van der Waals surface area (Å²) >= 11 is 0. The van der Waals surface area contributed by atoms with E-state index in [0.717, 1.165) is 61.0 Å². The summed E-state index contributed by atoms with van der Waals surface area (Å²) in [5.74, 6) is 0. The number of nitrogens with zero attached hydrogens (tertiary/aromatic N) is 2. The predicted molar refractivity (Wildman–Crippen MR) is 220 cm³/mol. The zero-order valence-corrected chi connectivity index (χ0v) is 33.1. The van der Waals surface area contributed by atoms with E-state index in [-0.39, 0.29) is 0 Å². The molecule has 50 heavy (non-hydrogen) atoms. The van der Waals surface area contributed by atoms with Gasteiger partial charge in [0.05, 0.1) is 5.57 Å². The fraction of sp³-hybridized carbons (Fsp3) is 0.625. The third-order valence-electron chi connectivity index (χ3n) is 10.7. The molecule has 1 heterocycles. The number of allylic oxidation sites excluding steroid dienone is 4. The normalized spacial score (nSPS) is 13.5. The third-order valence-corrected chi connectivity index (χ3v) is 10.7. The van der Waals surface area contributed by atoms with Gasteiger partial charge in [-0.25, -0.2) is 4.70 Å². The van der Waals surface area contributed by atoms with Crippen LogP contribution >= 0.6 is 0 Å². The van der Waals surface area contributed by atoms with Crippen LogP contribution in [0.2, 0.25) is 0 Å². The fourth-order valence-electron chi connectivity index (χ4n) is 7.42. The molecule has 1 aliphatic heterocycles. The van der Waals surface area contributed by atoms with Crippen molar-refractivity contribution < 1.29 is 4.70 Å². The molecule has 2 heteroatoms. The van der Waals surface area contributed by atoms with Gasteiger partial charge in [0, 0.05) is 16.7 Å². The van der Waals surface area contributed by atoms with Gasteiger partial charge in [-0.15, -0.1) is 0 Å². The lowest BCUT2D eigenvalue weighted by Crippen LogP contribution is -2.03. The SMILES string of the molecule is CCCCCCCCCCCCCCCCCCC=CC1=C(c2ccc(CCCC)cc2)[N+](=[N-])C(c2ccc(CCCC)cc2)=C1CCCC. The largest absolute Gasteiger partial charge is 0.493 e. The van der Waals surface area contributed by atoms with E-state index in [1.165, 1.54) is 155 Å². The minimum atomic E-state index is 0.937. The first kappa shape index (κ1) is 41.7. The van der Waals surface area contributed by atoms with Crippen LogP contribution in [-0.2, 0) is 12.8 Å². The molecule has 276 valence electrons. The van der Waals surface area contributed by atoms with E-state index >= 15 is 0 Å². The number of benzene rings is 2. The second-order valence-electron chi connectivity index (χ2n) is 15.1. The third kappa shape index (κ3) is 14.9. The highest BCUT2D eigenvalue weighted by Gasteiger charge is 2.34. The van der Waals surface area contributed by atoms with Crippen molar-refractivity contribution in [2.24, 2.45) is 0 Å². The minimum Gasteiger partial charge on any atom is -0.493 e. The van der Waals surface area contributed by atoms with Crippen LogP contribution < -0.4 is 0 Å². The number of hydrogen-bond acceptors (Lipinski definition) is 0. The molecule has 0 fully saturated rings. The van der Waals surface area contributed by atoms with Gasteiger partial charge in [-0.05, 0) is 86.8 Å². The summed E-state index contributed by atoms with van der Waals surface area (Å²) in [6, 6.07) is 17.9. The molecule has 0 saturated heterocycles. The van der Waals surface area contributed by atoms with Crippen LogP contribution in [0.15, 0.2) is 71.8 Å². The first-order valence-electron chi connectivity index (χ1n) is 21.5. The highest BCUT2D eigenvalue weighted by molar-refractivity contribution is 5.84. The quantitative estimate of drug-likeness (QED) is 0.0604. The van der Waals surface area contributed by atoms with Crippen LogP contribution in [0.3, 0.4) is 0 Å². The molecule has 1 aliphatic rings. The maximum atomic E-state index is 12.0. The van der Waals surface area contributed by atoms with Gasteiger partial charge in [-0.2, -0.15) is 0 Å². The van der Waals surface area contributed by atoms with Crippen molar-refractivity contribution in [2.45, 2.75) is 195 Å². The van der Waals surface area contributed by atoms with Crippen LogP contribution in [-0.4, -0.2) is 4.70 Å². The van der Waals surface area contributed by atoms with Crippen LogP contribution in [0.25, 0.3) is 16.9 Å². The second-order valence-corrected chi connectivity index (χ2v) is 15.1. The molecule has 0 aromatic heterocycles. The number of hydrogen-bond donors (Lipinski definition) is 0. The van der Waals surface area contributed by atoms with Crippen molar-refractivity contribution >= 4 is 11.4 Å². The van der Waals surface area contributed by atoms with E-state index in [2.05, 4.69) is 88.4 Å². The summed E-state index contributed by atoms with van der Waals surface area (Å²) in [6.45, 7) is 9.07. The molecule has 0 N–H and O–H groups in total. The lowest BCUT2D eigenvalue weighted by atomic mass is 9.94. The first-order valence-corrected chi connectivity index (χ1v) is 21.5. The molecule has 2 aromatic carbocycles. The number of rotatable bonds is 29. The van der Waals surface area contributed by atoms with Gasteiger partial charge in [0.2, 0.25) is 11.4 Å². The van der Waals surface area contributed by atoms with E-state index in [1.54, 1.807) is 0 Å². The smallest absolute Gasteiger partial charge is 0.215 e. The van der Waals surface area contributed by atoms with Crippen molar-refractivity contribution in [3.63, 3.8) is 0 Å². The molecule has 2 aromatic rings. The summed E-state index contributed by atoms with van der Waals surface area (Å²) in [6.07, 6.45) is 38.5. The summed E-state index contributed by atoms with van der Waals surface area (Å²) in [4.78, 5) is 0. The molecule has 0 unspecified atom stereocenters. The van der Waals surface area contributed by atoms with E-state index in [0.29, 0.717) is 0 Å². The summed E-state index contributed by atoms with van der Waals surface area (Å²) in [5.41, 5.74) is 21.3. The fourth-order valence-corrected chi connectivity index (χ4v) is 7.42. The van der Waals surface area contributed by atoms with Gasteiger partial charge in [0.25, 0.3) is 0 Å². The van der Waals surface area contributed by atoms with Gasteiger partial charge in [-0.3, -0.25) is 0 Å². The molecule has 0 spiro atoms. The molecular formula is C48H74N2. The molecule has 0 amide bonds. The Morgan fingerprint density at radius 1 is 0.440 bits per heavy atom. The molecule has 0 radical (unpaired) electrons. The van der Waals surface area contributed by atoms with Crippen LogP contribution in [0.4, 0.5) is 0 Å². The molecule has 2 nitrogen and oxygen atoms in total. The average molecular weight is 679 g/mol.